The molecule has 1 amide bonds. The highest BCUT2D eigenvalue weighted by atomic mass is 16.5. The molecule has 0 aromatic carbocycles. The van der Waals surface area contributed by atoms with Crippen LogP contribution in [0.15, 0.2) is 12.4 Å². The Kier molecular flexibility index (Phi) is 8.28. The van der Waals surface area contributed by atoms with E-state index in [1.807, 2.05) is 0 Å². The van der Waals surface area contributed by atoms with Gasteiger partial charge in [-0.15, -0.1) is 0 Å². The van der Waals surface area contributed by atoms with E-state index >= 15 is 0 Å². The van der Waals surface area contributed by atoms with E-state index in [0.717, 1.165) is 19.5 Å². The molecule has 3 rings (SSSR count). The number of carboxylic acid groups (broad SMARTS) is 1. The summed E-state index contributed by atoms with van der Waals surface area (Å²) in [7, 11) is 4.83. The Morgan fingerprint density at radius 3 is 2.69 bits per heavy atom. The molecule has 2 N–H and O–H groups in total. The highest BCUT2D eigenvalue weighted by Gasteiger charge is 2.38. The molecule has 0 bridgehead atoms. The normalized spacial score (nSPS) is 23.2. The number of hydrogen-bond donors (Lipinski definition) is 2. The van der Waals surface area contributed by atoms with Gasteiger partial charge in [0, 0.05) is 39.3 Å². The van der Waals surface area contributed by atoms with Gasteiger partial charge in [0.1, 0.15) is 5.82 Å². The average Bonchev–Trinajstić information content (AvgIpc) is 3.10. The summed E-state index contributed by atoms with van der Waals surface area (Å²) in [6, 6.07) is 0.575. The van der Waals surface area contributed by atoms with E-state index in [4.69, 9.17) is 14.6 Å². The van der Waals surface area contributed by atoms with Crippen molar-refractivity contribution in [3.8, 4) is 0 Å². The van der Waals surface area contributed by atoms with Crippen LogP contribution in [0.5, 0.6) is 0 Å². The quantitative estimate of drug-likeness (QED) is 0.493. The van der Waals surface area contributed by atoms with Gasteiger partial charge in [0.05, 0.1) is 38.6 Å². The Bertz CT molecular complexity index is 698. The van der Waals surface area contributed by atoms with Crippen LogP contribution in [-0.4, -0.2) is 102 Å². The predicted molar refractivity (Wildman–Crippen MR) is 103 cm³/mol. The van der Waals surface area contributed by atoms with Crippen LogP contribution in [0.2, 0.25) is 0 Å². The lowest BCUT2D eigenvalue weighted by atomic mass is 10.1. The first-order valence-electron chi connectivity index (χ1n) is 9.18. The minimum atomic E-state index is -0.502. The third kappa shape index (κ3) is 6.36. The van der Waals surface area contributed by atoms with Crippen molar-refractivity contribution in [2.45, 2.75) is 31.0 Å². The molecule has 2 saturated heterocycles. The second-order valence-electron chi connectivity index (χ2n) is 7.02. The number of carbonyl (C=O) groups excluding carboxylic acids is 2. The molecule has 29 heavy (non-hydrogen) atoms. The van der Waals surface area contributed by atoms with Crippen molar-refractivity contribution in [2.75, 3.05) is 46.2 Å². The van der Waals surface area contributed by atoms with Crippen LogP contribution < -0.4 is 5.32 Å². The summed E-state index contributed by atoms with van der Waals surface area (Å²) in [6.07, 6.45) is 4.24. The van der Waals surface area contributed by atoms with Crippen LogP contribution in [0.1, 0.15) is 23.3 Å². The molecule has 3 atom stereocenters. The van der Waals surface area contributed by atoms with Crippen LogP contribution in [-0.2, 0) is 19.1 Å². The summed E-state index contributed by atoms with van der Waals surface area (Å²) in [4.78, 5) is 43.9. The third-order valence-electron chi connectivity index (χ3n) is 4.79. The monoisotopic (exact) mass is 409 g/mol. The van der Waals surface area contributed by atoms with E-state index in [9.17, 15) is 9.59 Å². The van der Waals surface area contributed by atoms with Gasteiger partial charge in [-0.05, 0) is 6.42 Å². The van der Waals surface area contributed by atoms with Crippen molar-refractivity contribution in [3.05, 3.63) is 18.1 Å². The Labute approximate surface area is 169 Å². The minimum absolute atomic E-state index is 0.0565. The van der Waals surface area contributed by atoms with Gasteiger partial charge in [0.25, 0.3) is 6.47 Å². The number of morpholine rings is 1. The number of fused-ring (bicyclic) bond motifs is 1. The Morgan fingerprint density at radius 1 is 1.38 bits per heavy atom. The van der Waals surface area contributed by atoms with E-state index in [-0.39, 0.29) is 30.2 Å². The molecule has 2 fully saturated rings. The molecular formula is C18H27N5O6. The highest BCUT2D eigenvalue weighted by Crippen LogP contribution is 2.26. The molecule has 3 heterocycles. The number of amides is 1. The zero-order chi connectivity index (χ0) is 21.4. The molecule has 0 spiro atoms. The molecule has 11 nitrogen and oxygen atoms in total. The number of nitrogens with one attached hydrogen (secondary N) is 1. The summed E-state index contributed by atoms with van der Waals surface area (Å²) in [5.41, 5.74) is 0.184. The second kappa shape index (κ2) is 10.7. The van der Waals surface area contributed by atoms with E-state index in [2.05, 4.69) is 24.9 Å². The van der Waals surface area contributed by atoms with E-state index in [1.165, 1.54) is 13.3 Å². The maximum Gasteiger partial charge on any atom is 0.358 e. The van der Waals surface area contributed by atoms with Crippen molar-refractivity contribution < 1.29 is 29.0 Å². The van der Waals surface area contributed by atoms with E-state index < -0.39 is 5.97 Å². The Hall–Kier alpha value is -2.79. The smallest absolute Gasteiger partial charge is 0.358 e. The highest BCUT2D eigenvalue weighted by molar-refractivity contribution is 5.86. The first-order chi connectivity index (χ1) is 13.9. The zero-order valence-corrected chi connectivity index (χ0v) is 16.8. The number of hydrogen-bond acceptors (Lipinski definition) is 9. The van der Waals surface area contributed by atoms with Crippen molar-refractivity contribution in [3.63, 3.8) is 0 Å². The fourth-order valence-corrected chi connectivity index (χ4v) is 3.37. The van der Waals surface area contributed by atoms with Gasteiger partial charge in [-0.1, -0.05) is 0 Å². The molecule has 2 aliphatic rings. The minimum Gasteiger partial charge on any atom is -0.483 e. The number of aromatic nitrogens is 2. The van der Waals surface area contributed by atoms with Crippen molar-refractivity contribution >= 4 is 24.2 Å². The fraction of sp³-hybridized carbons (Fsp3) is 0.611. The van der Waals surface area contributed by atoms with Gasteiger partial charge in [0.2, 0.25) is 5.91 Å². The topological polar surface area (TPSA) is 134 Å². The molecule has 2 aliphatic heterocycles. The lowest BCUT2D eigenvalue weighted by Crippen LogP contribution is -2.47. The lowest BCUT2D eigenvalue weighted by molar-refractivity contribution is -0.134. The predicted octanol–water partition coefficient (Wildman–Crippen LogP) is -0.304. The molecule has 0 unspecified atom stereocenters. The SMILES string of the molecule is COC(=O)c1cnc(N[C@@H]2C[C@H]3CO[C@@H](CC(=O)N(C)C)CN3C2)cn1.O=CO. The van der Waals surface area contributed by atoms with Gasteiger partial charge in [0.15, 0.2) is 5.69 Å². The molecule has 0 saturated carbocycles. The van der Waals surface area contributed by atoms with Crippen molar-refractivity contribution in [1.29, 1.82) is 0 Å². The summed E-state index contributed by atoms with van der Waals surface area (Å²) in [5, 5.41) is 10.2. The maximum atomic E-state index is 11.9. The number of anilines is 1. The average molecular weight is 409 g/mol. The Balaban J connectivity index is 0.000000941. The molecule has 1 aromatic rings. The number of nitrogens with zero attached hydrogens (tertiary/aromatic N) is 4. The van der Waals surface area contributed by atoms with Crippen LogP contribution in [0, 0.1) is 0 Å². The molecule has 1 aromatic heterocycles. The molecule has 160 valence electrons. The van der Waals surface area contributed by atoms with Crippen LogP contribution in [0.3, 0.4) is 0 Å². The lowest BCUT2D eigenvalue weighted by Gasteiger charge is -2.35. The van der Waals surface area contributed by atoms with Gasteiger partial charge < -0.3 is 24.8 Å². The first kappa shape index (κ1) is 22.5. The molecular weight excluding hydrogens is 382 g/mol. The van der Waals surface area contributed by atoms with Gasteiger partial charge in [-0.2, -0.15) is 0 Å². The number of methoxy groups -OCH3 is 1. The number of esters is 1. The summed E-state index contributed by atoms with van der Waals surface area (Å²) in [5.74, 6) is 0.212. The maximum absolute atomic E-state index is 11.9. The molecule has 0 aliphatic carbocycles. The fourth-order valence-electron chi connectivity index (χ4n) is 3.37. The molecule has 0 radical (unpaired) electrons. The van der Waals surface area contributed by atoms with Gasteiger partial charge in [-0.25, -0.2) is 14.8 Å². The zero-order valence-electron chi connectivity index (χ0n) is 16.8. The van der Waals surface area contributed by atoms with Crippen molar-refractivity contribution in [1.82, 2.24) is 19.8 Å². The summed E-state index contributed by atoms with van der Waals surface area (Å²) < 4.78 is 10.5. The van der Waals surface area contributed by atoms with Crippen LogP contribution >= 0.6 is 0 Å². The first-order valence-corrected chi connectivity index (χ1v) is 9.18. The Morgan fingerprint density at radius 2 is 2.10 bits per heavy atom. The largest absolute Gasteiger partial charge is 0.483 e. The summed E-state index contributed by atoms with van der Waals surface area (Å²) >= 11 is 0. The molecule has 11 heteroatoms. The number of ether oxygens (including phenoxy) is 2. The number of carbonyl (C=O) groups is 3. The third-order valence-corrected chi connectivity index (χ3v) is 4.79. The van der Waals surface area contributed by atoms with Crippen LogP contribution in [0.4, 0.5) is 5.82 Å². The standard InChI is InChI=1S/C17H25N5O4.CH2O2/c1-21(2)16(23)5-13-9-22-8-11(4-12(22)10-26-13)20-15-7-18-14(6-19-15)17(24)25-3;2-1-3/h6-7,11-13H,4-5,8-10H2,1-3H3,(H,19,20);1H,(H,2,3)/t11-,12+,13+;/m1./s1. The van der Waals surface area contributed by atoms with Gasteiger partial charge >= 0.3 is 5.97 Å². The van der Waals surface area contributed by atoms with E-state index in [0.29, 0.717) is 24.9 Å². The summed E-state index contributed by atoms with van der Waals surface area (Å²) in [6.45, 7) is 2.01. The van der Waals surface area contributed by atoms with Gasteiger partial charge in [-0.3, -0.25) is 14.5 Å². The second-order valence-corrected chi connectivity index (χ2v) is 7.02. The number of rotatable bonds is 5. The van der Waals surface area contributed by atoms with E-state index in [1.54, 1.807) is 25.2 Å². The van der Waals surface area contributed by atoms with Crippen molar-refractivity contribution in [2.24, 2.45) is 0 Å². The van der Waals surface area contributed by atoms with Crippen LogP contribution in [0.25, 0.3) is 0 Å².